The van der Waals surface area contributed by atoms with Gasteiger partial charge in [0.15, 0.2) is 0 Å². The number of benzene rings is 2. The lowest BCUT2D eigenvalue weighted by Gasteiger charge is -2.33. The number of allylic oxidation sites excluding steroid dienone is 1. The van der Waals surface area contributed by atoms with Crippen molar-refractivity contribution in [2.75, 3.05) is 26.4 Å². The van der Waals surface area contributed by atoms with Crippen LogP contribution < -0.4 is 11.5 Å². The first-order valence-electron chi connectivity index (χ1n) is 11.4. The Morgan fingerprint density at radius 3 is 2.44 bits per heavy atom. The van der Waals surface area contributed by atoms with Crippen LogP contribution in [0.3, 0.4) is 0 Å². The van der Waals surface area contributed by atoms with Gasteiger partial charge in [-0.2, -0.15) is 0 Å². The second kappa shape index (κ2) is 9.94. The van der Waals surface area contributed by atoms with E-state index in [-0.39, 0.29) is 11.5 Å². The van der Waals surface area contributed by atoms with Gasteiger partial charge < -0.3 is 20.8 Å². The number of carbonyl (C=O) groups is 1. The van der Waals surface area contributed by atoms with Gasteiger partial charge in [0.25, 0.3) is 0 Å². The highest BCUT2D eigenvalue weighted by Gasteiger charge is 2.34. The molecule has 10 heteroatoms. The first-order chi connectivity index (χ1) is 16.7. The predicted molar refractivity (Wildman–Crippen MR) is 141 cm³/mol. The first-order valence-corrected chi connectivity index (χ1v) is 12.8. The molecule has 0 aliphatic rings. The van der Waals surface area contributed by atoms with E-state index in [4.69, 9.17) is 16.2 Å². The zero-order valence-electron chi connectivity index (χ0n) is 21.4. The summed E-state index contributed by atoms with van der Waals surface area (Å²) in [5.41, 5.74) is 14.0. The molecule has 0 saturated heterocycles. The summed E-state index contributed by atoms with van der Waals surface area (Å²) in [5.74, 6) is -0.490. The summed E-state index contributed by atoms with van der Waals surface area (Å²) < 4.78 is 49.1. The Hall–Kier alpha value is -3.37. The molecule has 0 fully saturated rings. The summed E-state index contributed by atoms with van der Waals surface area (Å²) >= 11 is 0. The van der Waals surface area contributed by atoms with Gasteiger partial charge in [-0.25, -0.2) is 21.9 Å². The second-order valence-electron chi connectivity index (χ2n) is 9.91. The molecule has 0 saturated carbocycles. The van der Waals surface area contributed by atoms with Crippen molar-refractivity contribution < 1.29 is 22.3 Å². The zero-order valence-corrected chi connectivity index (χ0v) is 22.2. The third kappa shape index (κ3) is 5.24. The van der Waals surface area contributed by atoms with Crippen molar-refractivity contribution in [2.45, 2.75) is 38.6 Å². The van der Waals surface area contributed by atoms with E-state index >= 15 is 4.39 Å². The highest BCUT2D eigenvalue weighted by molar-refractivity contribution is 7.89. The Morgan fingerprint density at radius 2 is 1.86 bits per heavy atom. The number of nitrogens with two attached hydrogens (primary N) is 2. The van der Waals surface area contributed by atoms with Crippen LogP contribution in [0.15, 0.2) is 59.3 Å². The molecule has 0 radical (unpaired) electrons. The van der Waals surface area contributed by atoms with Crippen molar-refractivity contribution in [3.8, 4) is 11.1 Å². The molecular weight excluding hydrogens is 483 g/mol. The predicted octanol–water partition coefficient (Wildman–Crippen LogP) is 4.99. The number of carbonyl (C=O) groups excluding carboxylic acids is 1. The minimum atomic E-state index is -3.66. The van der Waals surface area contributed by atoms with Gasteiger partial charge in [0.05, 0.1) is 10.9 Å². The maximum atomic E-state index is 15.7. The van der Waals surface area contributed by atoms with Crippen LogP contribution in [0.5, 0.6) is 0 Å². The maximum absolute atomic E-state index is 15.7. The number of anilines is 1. The van der Waals surface area contributed by atoms with Gasteiger partial charge in [0.2, 0.25) is 10.0 Å². The summed E-state index contributed by atoms with van der Waals surface area (Å²) in [6, 6.07) is 11.3. The normalized spacial score (nSPS) is 13.8. The van der Waals surface area contributed by atoms with E-state index in [9.17, 15) is 13.2 Å². The molecule has 0 spiro atoms. The number of fused-ring (bicyclic) bond motifs is 1. The fraction of sp³-hybridized carbons (Fsp3) is 0.346. The number of sulfonamides is 1. The number of nitrogens with zero attached hydrogens (tertiary/aromatic N) is 2. The molecule has 194 valence electrons. The number of ether oxygens (including phenoxy) is 1. The second-order valence-corrected chi connectivity index (χ2v) is 12.1. The lowest BCUT2D eigenvalue weighted by molar-refractivity contribution is 0.167. The fourth-order valence-electron chi connectivity index (χ4n) is 4.42. The number of amides is 1. The molecule has 0 bridgehead atoms. The van der Waals surface area contributed by atoms with Crippen molar-refractivity contribution in [3.63, 3.8) is 0 Å². The number of hydrogen-bond acceptors (Lipinski definition) is 5. The Kier molecular flexibility index (Phi) is 7.52. The Morgan fingerprint density at radius 1 is 1.19 bits per heavy atom. The molecule has 2 aromatic carbocycles. The van der Waals surface area contributed by atoms with Crippen LogP contribution in [0, 0.1) is 12.3 Å². The van der Waals surface area contributed by atoms with E-state index in [1.165, 1.54) is 20.2 Å². The monoisotopic (exact) mass is 516 g/mol. The van der Waals surface area contributed by atoms with Crippen molar-refractivity contribution in [1.29, 1.82) is 0 Å². The number of halogens is 1. The molecule has 1 heterocycles. The topological polar surface area (TPSA) is 121 Å². The maximum Gasteiger partial charge on any atom is 0.404 e. The molecule has 1 aromatic heterocycles. The van der Waals surface area contributed by atoms with Crippen LogP contribution in [-0.4, -0.2) is 44.1 Å². The number of primary amides is 1. The van der Waals surface area contributed by atoms with Crippen molar-refractivity contribution in [3.05, 3.63) is 60.1 Å². The molecule has 0 aliphatic heterocycles. The minimum Gasteiger partial charge on any atom is -0.445 e. The first kappa shape index (κ1) is 27.2. The number of rotatable bonds is 7. The van der Waals surface area contributed by atoms with E-state index in [0.29, 0.717) is 11.3 Å². The summed E-state index contributed by atoms with van der Waals surface area (Å²) in [4.78, 5) is 11.1. The quantitative estimate of drug-likeness (QED) is 0.429. The van der Waals surface area contributed by atoms with Gasteiger partial charge in [-0.3, -0.25) is 0 Å². The molecule has 36 heavy (non-hydrogen) atoms. The van der Waals surface area contributed by atoms with Gasteiger partial charge in [-0.1, -0.05) is 32.9 Å². The average Bonchev–Trinajstić information content (AvgIpc) is 3.03. The number of nitrogen functional groups attached to an aromatic ring is 1. The van der Waals surface area contributed by atoms with E-state index in [1.807, 2.05) is 44.4 Å². The Labute approximate surface area is 211 Å². The summed E-state index contributed by atoms with van der Waals surface area (Å²) in [6.45, 7) is 7.30. The molecule has 3 rings (SSSR count). The molecule has 1 unspecified atom stereocenters. The van der Waals surface area contributed by atoms with Crippen LogP contribution in [0.4, 0.5) is 14.9 Å². The van der Waals surface area contributed by atoms with Gasteiger partial charge in [0.1, 0.15) is 12.4 Å². The molecule has 1 atom stereocenters. The largest absolute Gasteiger partial charge is 0.445 e. The van der Waals surface area contributed by atoms with Crippen LogP contribution in [0.2, 0.25) is 0 Å². The van der Waals surface area contributed by atoms with Crippen molar-refractivity contribution in [1.82, 2.24) is 8.87 Å². The lowest BCUT2D eigenvalue weighted by atomic mass is 9.85. The molecule has 8 nitrogen and oxygen atoms in total. The summed E-state index contributed by atoms with van der Waals surface area (Å²) in [6.07, 6.45) is 0.215. The fourth-order valence-corrected chi connectivity index (χ4v) is 5.37. The van der Waals surface area contributed by atoms with Crippen molar-refractivity contribution in [2.24, 2.45) is 11.1 Å². The van der Waals surface area contributed by atoms with E-state index in [2.05, 4.69) is 0 Å². The number of aromatic nitrogens is 1. The van der Waals surface area contributed by atoms with Gasteiger partial charge in [-0.15, -0.1) is 0 Å². The average molecular weight is 517 g/mol. The Bertz CT molecular complexity index is 1440. The van der Waals surface area contributed by atoms with Crippen LogP contribution >= 0.6 is 0 Å². The molecule has 0 aliphatic carbocycles. The van der Waals surface area contributed by atoms with Crippen LogP contribution in [0.1, 0.15) is 32.5 Å². The molecule has 4 N–H and O–H groups in total. The van der Waals surface area contributed by atoms with Crippen molar-refractivity contribution >= 4 is 32.7 Å². The minimum absolute atomic E-state index is 0.149. The third-order valence-corrected chi connectivity index (χ3v) is 7.83. The molecular formula is C26H33FN4O4S. The Balaban J connectivity index is 2.32. The SMILES string of the molecule is Cc1c(-c2cccc(S(=O)(=O)N(C)C)c2)c2cc(N)ccc2n1C(/C(F)=C/COC(N)=O)C(C)(C)C. The van der Waals surface area contributed by atoms with Gasteiger partial charge >= 0.3 is 6.09 Å². The molecule has 3 aromatic rings. The number of hydrogen-bond donors (Lipinski definition) is 2. The third-order valence-electron chi connectivity index (χ3n) is 6.02. The summed E-state index contributed by atoms with van der Waals surface area (Å²) in [7, 11) is -0.710. The van der Waals surface area contributed by atoms with Crippen LogP contribution in [0.25, 0.3) is 22.0 Å². The van der Waals surface area contributed by atoms with E-state index < -0.39 is 33.4 Å². The molecule has 1 amide bonds. The standard InChI is InChI=1S/C26H33FN4O4S/c1-16-23(17-8-7-9-19(14-17)36(33,34)30(5)6)20-15-18(28)10-11-22(20)31(16)24(26(2,3)4)21(27)12-13-35-25(29)32/h7-12,14-15,24H,13,28H2,1-6H3,(H2,29,32)/b21-12-. The van der Waals surface area contributed by atoms with E-state index in [1.54, 1.807) is 30.3 Å². The zero-order chi connectivity index (χ0) is 27.0. The van der Waals surface area contributed by atoms with Gasteiger partial charge in [-0.05, 0) is 54.3 Å². The van der Waals surface area contributed by atoms with Gasteiger partial charge in [0, 0.05) is 41.9 Å². The summed E-state index contributed by atoms with van der Waals surface area (Å²) in [5, 5.41) is 0.766. The lowest BCUT2D eigenvalue weighted by Crippen LogP contribution is -2.26. The smallest absolute Gasteiger partial charge is 0.404 e. The van der Waals surface area contributed by atoms with E-state index in [0.717, 1.165) is 26.5 Å². The highest BCUT2D eigenvalue weighted by atomic mass is 32.2. The van der Waals surface area contributed by atoms with Crippen LogP contribution in [-0.2, 0) is 14.8 Å². The highest BCUT2D eigenvalue weighted by Crippen LogP contribution is 2.45.